The molecule has 0 aliphatic rings. The van der Waals surface area contributed by atoms with Gasteiger partial charge < -0.3 is 10.4 Å². The lowest BCUT2D eigenvalue weighted by atomic mass is 10.0. The molecular weight excluding hydrogens is 252 g/mol. The molecule has 2 N–H and O–H groups in total. The van der Waals surface area contributed by atoms with Gasteiger partial charge in [-0.05, 0) is 19.9 Å². The van der Waals surface area contributed by atoms with Crippen LogP contribution in [0.5, 0.6) is 0 Å². The van der Waals surface area contributed by atoms with E-state index in [-0.39, 0.29) is 10.7 Å². The average Bonchev–Trinajstić information content (AvgIpc) is 2.21. The molecule has 17 heavy (non-hydrogen) atoms. The molecular formula is C11H12ClF2NO2. The van der Waals surface area contributed by atoms with Crippen molar-refractivity contribution in [3.63, 3.8) is 0 Å². The maximum atomic E-state index is 13.4. The van der Waals surface area contributed by atoms with Crippen LogP contribution in [0.15, 0.2) is 12.1 Å². The number of carboxylic acid groups (broad SMARTS) is 1. The molecule has 0 saturated carbocycles. The minimum atomic E-state index is -1.01. The van der Waals surface area contributed by atoms with Gasteiger partial charge in [-0.25, -0.2) is 8.78 Å². The van der Waals surface area contributed by atoms with Crippen LogP contribution >= 0.6 is 11.6 Å². The molecule has 2 atom stereocenters. The van der Waals surface area contributed by atoms with Crippen LogP contribution in [-0.2, 0) is 4.79 Å². The molecule has 1 aromatic carbocycles. The number of aliphatic carboxylic acids is 1. The molecule has 0 bridgehead atoms. The maximum Gasteiger partial charge on any atom is 0.308 e. The lowest BCUT2D eigenvalue weighted by Gasteiger charge is -2.20. The molecule has 0 heterocycles. The first-order valence-electron chi connectivity index (χ1n) is 4.96. The van der Waals surface area contributed by atoms with Gasteiger partial charge in [-0.1, -0.05) is 11.6 Å². The quantitative estimate of drug-likeness (QED) is 0.877. The number of halogens is 3. The largest absolute Gasteiger partial charge is 0.481 e. The Morgan fingerprint density at radius 2 is 2.00 bits per heavy atom. The smallest absolute Gasteiger partial charge is 0.308 e. The molecule has 0 fully saturated rings. The van der Waals surface area contributed by atoms with Crippen LogP contribution in [0.1, 0.15) is 13.8 Å². The normalized spacial score (nSPS) is 14.2. The second kappa shape index (κ2) is 5.31. The van der Waals surface area contributed by atoms with Gasteiger partial charge in [0.15, 0.2) is 5.82 Å². The molecule has 0 saturated heterocycles. The Labute approximate surface area is 102 Å². The molecule has 94 valence electrons. The van der Waals surface area contributed by atoms with Gasteiger partial charge in [0.1, 0.15) is 5.82 Å². The van der Waals surface area contributed by atoms with Crippen LogP contribution < -0.4 is 5.32 Å². The number of hydrogen-bond donors (Lipinski definition) is 2. The van der Waals surface area contributed by atoms with E-state index >= 15 is 0 Å². The van der Waals surface area contributed by atoms with Crippen molar-refractivity contribution in [1.82, 2.24) is 0 Å². The summed E-state index contributed by atoms with van der Waals surface area (Å²) < 4.78 is 26.2. The molecule has 0 amide bonds. The summed E-state index contributed by atoms with van der Waals surface area (Å²) in [6, 6.07) is 1.11. The monoisotopic (exact) mass is 263 g/mol. The van der Waals surface area contributed by atoms with Gasteiger partial charge in [0.25, 0.3) is 0 Å². The number of carbonyl (C=O) groups is 1. The van der Waals surface area contributed by atoms with Crippen molar-refractivity contribution in [2.45, 2.75) is 19.9 Å². The third-order valence-electron chi connectivity index (χ3n) is 2.52. The van der Waals surface area contributed by atoms with Gasteiger partial charge >= 0.3 is 5.97 Å². The van der Waals surface area contributed by atoms with E-state index in [1.807, 2.05) is 0 Å². The lowest BCUT2D eigenvalue weighted by Crippen LogP contribution is -2.30. The summed E-state index contributed by atoms with van der Waals surface area (Å²) in [5, 5.41) is 11.3. The molecule has 0 radical (unpaired) electrons. The first-order valence-corrected chi connectivity index (χ1v) is 5.34. The van der Waals surface area contributed by atoms with Crippen LogP contribution in [0.25, 0.3) is 0 Å². The van der Waals surface area contributed by atoms with Gasteiger partial charge in [-0.3, -0.25) is 4.79 Å². The molecule has 1 rings (SSSR count). The van der Waals surface area contributed by atoms with E-state index < -0.39 is 29.6 Å². The van der Waals surface area contributed by atoms with Gasteiger partial charge in [0, 0.05) is 12.1 Å². The molecule has 0 aromatic heterocycles. The fourth-order valence-corrected chi connectivity index (χ4v) is 1.50. The zero-order valence-corrected chi connectivity index (χ0v) is 10.1. The first-order chi connectivity index (χ1) is 7.82. The fraction of sp³-hybridized carbons (Fsp3) is 0.364. The van der Waals surface area contributed by atoms with Crippen LogP contribution in [0.3, 0.4) is 0 Å². The second-order valence-corrected chi connectivity index (χ2v) is 4.21. The number of nitrogens with one attached hydrogen (secondary N) is 1. The molecule has 3 nitrogen and oxygen atoms in total. The number of hydrogen-bond acceptors (Lipinski definition) is 2. The van der Waals surface area contributed by atoms with Crippen molar-refractivity contribution in [2.75, 3.05) is 5.32 Å². The molecule has 0 aliphatic carbocycles. The Morgan fingerprint density at radius 3 is 2.47 bits per heavy atom. The summed E-state index contributed by atoms with van der Waals surface area (Å²) in [5.41, 5.74) is -0.0892. The van der Waals surface area contributed by atoms with Crippen LogP contribution in [-0.4, -0.2) is 17.1 Å². The van der Waals surface area contributed by atoms with Gasteiger partial charge in [-0.15, -0.1) is 0 Å². The molecule has 0 aliphatic heterocycles. The standard InChI is InChI=1S/C11H12ClF2NO2/c1-5(11(16)17)6(2)15-10-8(12)3-7(13)4-9(10)14/h3-6,15H,1-2H3,(H,16,17). The molecule has 0 spiro atoms. The summed E-state index contributed by atoms with van der Waals surface area (Å²) in [5.74, 6) is -3.37. The number of anilines is 1. The summed E-state index contributed by atoms with van der Waals surface area (Å²) in [6.45, 7) is 3.06. The average molecular weight is 264 g/mol. The number of rotatable bonds is 4. The Bertz CT molecular complexity index is 416. The summed E-state index contributed by atoms with van der Waals surface area (Å²) >= 11 is 5.67. The lowest BCUT2D eigenvalue weighted by molar-refractivity contribution is -0.141. The SMILES string of the molecule is CC(Nc1c(F)cc(F)cc1Cl)C(C)C(=O)O. The van der Waals surface area contributed by atoms with Crippen LogP contribution in [0.2, 0.25) is 5.02 Å². The third-order valence-corrected chi connectivity index (χ3v) is 2.82. The van der Waals surface area contributed by atoms with E-state index in [9.17, 15) is 13.6 Å². The zero-order valence-electron chi connectivity index (χ0n) is 9.30. The summed E-state index contributed by atoms with van der Waals surface area (Å²) in [6.07, 6.45) is 0. The van der Waals surface area contributed by atoms with E-state index in [1.165, 1.54) is 6.92 Å². The molecule has 2 unspecified atom stereocenters. The van der Waals surface area contributed by atoms with Crippen molar-refractivity contribution in [1.29, 1.82) is 0 Å². The van der Waals surface area contributed by atoms with E-state index in [1.54, 1.807) is 6.92 Å². The van der Waals surface area contributed by atoms with E-state index in [4.69, 9.17) is 16.7 Å². The molecule has 1 aromatic rings. The predicted molar refractivity (Wildman–Crippen MR) is 61.3 cm³/mol. The van der Waals surface area contributed by atoms with Gasteiger partial charge in [-0.2, -0.15) is 0 Å². The predicted octanol–water partition coefficient (Wildman–Crippen LogP) is 3.14. The van der Waals surface area contributed by atoms with E-state index in [0.29, 0.717) is 6.07 Å². The maximum absolute atomic E-state index is 13.4. The summed E-state index contributed by atoms with van der Waals surface area (Å²) in [4.78, 5) is 10.7. The highest BCUT2D eigenvalue weighted by Crippen LogP contribution is 2.27. The number of carboxylic acids is 1. The highest BCUT2D eigenvalue weighted by Gasteiger charge is 2.21. The highest BCUT2D eigenvalue weighted by molar-refractivity contribution is 6.33. The Balaban J connectivity index is 2.92. The second-order valence-electron chi connectivity index (χ2n) is 3.80. The van der Waals surface area contributed by atoms with Gasteiger partial charge in [0.05, 0.1) is 16.6 Å². The van der Waals surface area contributed by atoms with Crippen molar-refractivity contribution >= 4 is 23.3 Å². The topological polar surface area (TPSA) is 49.3 Å². The van der Waals surface area contributed by atoms with Gasteiger partial charge in [0.2, 0.25) is 0 Å². The summed E-state index contributed by atoms with van der Waals surface area (Å²) in [7, 11) is 0. The van der Waals surface area contributed by atoms with E-state index in [0.717, 1.165) is 6.07 Å². The minimum Gasteiger partial charge on any atom is -0.481 e. The zero-order chi connectivity index (χ0) is 13.2. The fourth-order valence-electron chi connectivity index (χ4n) is 1.25. The minimum absolute atomic E-state index is 0.0892. The Kier molecular flexibility index (Phi) is 4.28. The third kappa shape index (κ3) is 3.30. The Hall–Kier alpha value is -1.36. The van der Waals surface area contributed by atoms with Crippen LogP contribution in [0.4, 0.5) is 14.5 Å². The Morgan fingerprint density at radius 1 is 1.41 bits per heavy atom. The molecule has 6 heteroatoms. The van der Waals surface area contributed by atoms with Crippen molar-refractivity contribution in [3.8, 4) is 0 Å². The van der Waals surface area contributed by atoms with Crippen molar-refractivity contribution < 1.29 is 18.7 Å². The van der Waals surface area contributed by atoms with Crippen molar-refractivity contribution in [2.24, 2.45) is 5.92 Å². The van der Waals surface area contributed by atoms with E-state index in [2.05, 4.69) is 5.32 Å². The highest BCUT2D eigenvalue weighted by atomic mass is 35.5. The number of benzene rings is 1. The van der Waals surface area contributed by atoms with Crippen molar-refractivity contribution in [3.05, 3.63) is 28.8 Å². The first kappa shape index (κ1) is 13.7. The van der Waals surface area contributed by atoms with Crippen LogP contribution in [0, 0.1) is 17.6 Å².